The number of hydrogen-bond acceptors (Lipinski definition) is 3. The van der Waals surface area contributed by atoms with E-state index in [-0.39, 0.29) is 11.8 Å². The topological polar surface area (TPSA) is 78.1 Å². The molecule has 0 unspecified atom stereocenters. The number of hydrogen-bond donors (Lipinski definition) is 2. The van der Waals surface area contributed by atoms with Crippen LogP contribution in [0.3, 0.4) is 0 Å². The van der Waals surface area contributed by atoms with Crippen molar-refractivity contribution >= 4 is 34.1 Å². The van der Waals surface area contributed by atoms with Crippen molar-refractivity contribution in [1.29, 1.82) is 0 Å². The summed E-state index contributed by atoms with van der Waals surface area (Å²) in [7, 11) is 0. The normalized spacial score (nSPS) is 13.6. The summed E-state index contributed by atoms with van der Waals surface area (Å²) in [5.74, 6) is -0.329. The molecule has 0 aliphatic carbocycles. The van der Waals surface area contributed by atoms with Gasteiger partial charge in [-0.05, 0) is 48.4 Å². The van der Waals surface area contributed by atoms with E-state index in [2.05, 4.69) is 27.4 Å². The Bertz CT molecular complexity index is 1320. The zero-order chi connectivity index (χ0) is 21.9. The molecule has 0 saturated carbocycles. The molecule has 5 rings (SSSR count). The Morgan fingerprint density at radius 2 is 1.78 bits per heavy atom. The number of benzene rings is 2. The average Bonchev–Trinajstić information content (AvgIpc) is 3.29. The van der Waals surface area contributed by atoms with Crippen molar-refractivity contribution in [3.63, 3.8) is 0 Å². The van der Waals surface area contributed by atoms with E-state index in [1.807, 2.05) is 47.5 Å². The van der Waals surface area contributed by atoms with Gasteiger partial charge in [0.1, 0.15) is 5.65 Å². The molecular weight excluding hydrogens is 400 g/mol. The number of amides is 2. The fraction of sp³-hybridized carbons (Fsp3) is 0.115. The molecule has 0 fully saturated rings. The molecule has 0 saturated heterocycles. The predicted molar refractivity (Wildman–Crippen MR) is 125 cm³/mol. The summed E-state index contributed by atoms with van der Waals surface area (Å²) in [5.41, 5.74) is 4.77. The first-order valence-corrected chi connectivity index (χ1v) is 10.6. The lowest BCUT2D eigenvalue weighted by atomic mass is 9.99. The van der Waals surface area contributed by atoms with Gasteiger partial charge in [0.25, 0.3) is 11.8 Å². The SMILES string of the molecule is O=C(Nc1ccccc1C(=O)N1CC=C(c2c[nH]c3ncccc23)CC1)c1ccccc1. The molecule has 3 heterocycles. The standard InChI is InChI=1S/C26H22N4O2/c31-25(19-7-2-1-3-8-19)29-23-11-5-4-9-21(23)26(32)30-15-12-18(13-16-30)22-17-28-24-20(22)10-6-14-27-24/h1-12,14,17H,13,15-16H2,(H,27,28)(H,29,31). The molecule has 32 heavy (non-hydrogen) atoms. The smallest absolute Gasteiger partial charge is 0.256 e. The Balaban J connectivity index is 1.34. The van der Waals surface area contributed by atoms with E-state index in [0.29, 0.717) is 29.9 Å². The van der Waals surface area contributed by atoms with Gasteiger partial charge in [-0.25, -0.2) is 4.98 Å². The number of rotatable bonds is 4. The lowest BCUT2D eigenvalue weighted by Gasteiger charge is -2.27. The number of pyridine rings is 1. The van der Waals surface area contributed by atoms with Crippen molar-refractivity contribution in [3.05, 3.63) is 102 Å². The second-order valence-electron chi connectivity index (χ2n) is 7.70. The monoisotopic (exact) mass is 422 g/mol. The third kappa shape index (κ3) is 3.78. The van der Waals surface area contributed by atoms with E-state index < -0.39 is 0 Å². The maximum absolute atomic E-state index is 13.3. The van der Waals surface area contributed by atoms with Gasteiger partial charge in [0.2, 0.25) is 0 Å². The van der Waals surface area contributed by atoms with Gasteiger partial charge in [-0.15, -0.1) is 0 Å². The number of carbonyl (C=O) groups is 2. The fourth-order valence-corrected chi connectivity index (χ4v) is 4.05. The highest BCUT2D eigenvalue weighted by Crippen LogP contribution is 2.29. The molecule has 1 aliphatic rings. The van der Waals surface area contributed by atoms with Crippen molar-refractivity contribution in [1.82, 2.24) is 14.9 Å². The maximum atomic E-state index is 13.3. The Hall–Kier alpha value is -4.19. The van der Waals surface area contributed by atoms with Crippen LogP contribution in [0.5, 0.6) is 0 Å². The van der Waals surface area contributed by atoms with Crippen LogP contribution in [0, 0.1) is 0 Å². The van der Waals surface area contributed by atoms with Crippen LogP contribution in [0.25, 0.3) is 16.6 Å². The summed E-state index contributed by atoms with van der Waals surface area (Å²) in [5, 5.41) is 3.98. The van der Waals surface area contributed by atoms with Crippen LogP contribution in [-0.2, 0) is 0 Å². The lowest BCUT2D eigenvalue weighted by Crippen LogP contribution is -2.35. The van der Waals surface area contributed by atoms with Crippen molar-refractivity contribution in [2.75, 3.05) is 18.4 Å². The Labute approximate surface area is 185 Å². The molecule has 2 amide bonds. The summed E-state index contributed by atoms with van der Waals surface area (Å²) in [4.78, 5) is 35.2. The summed E-state index contributed by atoms with van der Waals surface area (Å²) in [6, 6.07) is 20.1. The van der Waals surface area contributed by atoms with Gasteiger partial charge >= 0.3 is 0 Å². The average molecular weight is 422 g/mol. The summed E-state index contributed by atoms with van der Waals surface area (Å²) in [6.07, 6.45) is 6.61. The molecule has 4 aromatic rings. The molecular formula is C26H22N4O2. The zero-order valence-electron chi connectivity index (χ0n) is 17.4. The summed E-state index contributed by atoms with van der Waals surface area (Å²) >= 11 is 0. The first-order chi connectivity index (χ1) is 15.7. The van der Waals surface area contributed by atoms with E-state index in [1.165, 1.54) is 5.57 Å². The number of aromatic nitrogens is 2. The molecule has 158 valence electrons. The second kappa shape index (κ2) is 8.51. The fourth-order valence-electron chi connectivity index (χ4n) is 4.05. The number of aromatic amines is 1. The van der Waals surface area contributed by atoms with Gasteiger partial charge in [0.15, 0.2) is 0 Å². The summed E-state index contributed by atoms with van der Waals surface area (Å²) < 4.78 is 0. The van der Waals surface area contributed by atoms with E-state index in [0.717, 1.165) is 23.0 Å². The number of nitrogens with zero attached hydrogens (tertiary/aromatic N) is 2. The van der Waals surface area contributed by atoms with Crippen molar-refractivity contribution in [3.8, 4) is 0 Å². The van der Waals surface area contributed by atoms with Crippen molar-refractivity contribution in [2.45, 2.75) is 6.42 Å². The van der Waals surface area contributed by atoms with Crippen molar-refractivity contribution in [2.24, 2.45) is 0 Å². The van der Waals surface area contributed by atoms with Gasteiger partial charge in [-0.3, -0.25) is 9.59 Å². The molecule has 2 N–H and O–H groups in total. The molecule has 0 spiro atoms. The third-order valence-electron chi connectivity index (χ3n) is 5.74. The van der Waals surface area contributed by atoms with Crippen LogP contribution in [0.2, 0.25) is 0 Å². The molecule has 6 nitrogen and oxygen atoms in total. The molecule has 1 aliphatic heterocycles. The van der Waals surface area contributed by atoms with Crippen LogP contribution in [0.15, 0.2) is 85.2 Å². The van der Waals surface area contributed by atoms with Gasteiger partial charge in [-0.1, -0.05) is 36.4 Å². The van der Waals surface area contributed by atoms with E-state index in [4.69, 9.17) is 0 Å². The quantitative estimate of drug-likeness (QED) is 0.498. The lowest BCUT2D eigenvalue weighted by molar-refractivity contribution is 0.0774. The first-order valence-electron chi connectivity index (χ1n) is 10.6. The first kappa shape index (κ1) is 19.8. The molecule has 2 aromatic heterocycles. The van der Waals surface area contributed by atoms with Gasteiger partial charge in [0, 0.05) is 42.0 Å². The summed E-state index contributed by atoms with van der Waals surface area (Å²) in [6.45, 7) is 1.13. The maximum Gasteiger partial charge on any atom is 0.256 e. The van der Waals surface area contributed by atoms with E-state index in [1.54, 1.807) is 30.5 Å². The largest absolute Gasteiger partial charge is 0.346 e. The number of fused-ring (bicyclic) bond motifs is 1. The minimum atomic E-state index is -0.236. The van der Waals surface area contributed by atoms with Crippen LogP contribution in [-0.4, -0.2) is 39.8 Å². The highest BCUT2D eigenvalue weighted by molar-refractivity contribution is 6.09. The Morgan fingerprint density at radius 1 is 0.969 bits per heavy atom. The van der Waals surface area contributed by atoms with Crippen LogP contribution < -0.4 is 5.32 Å². The Kier molecular flexibility index (Phi) is 5.25. The molecule has 0 bridgehead atoms. The van der Waals surface area contributed by atoms with Crippen LogP contribution in [0.4, 0.5) is 5.69 Å². The van der Waals surface area contributed by atoms with Gasteiger partial charge in [0.05, 0.1) is 11.3 Å². The van der Waals surface area contributed by atoms with E-state index >= 15 is 0 Å². The van der Waals surface area contributed by atoms with Crippen LogP contribution in [0.1, 0.15) is 32.7 Å². The number of H-pyrrole nitrogens is 1. The predicted octanol–water partition coefficient (Wildman–Crippen LogP) is 4.74. The van der Waals surface area contributed by atoms with Gasteiger partial charge in [-0.2, -0.15) is 0 Å². The zero-order valence-corrected chi connectivity index (χ0v) is 17.4. The van der Waals surface area contributed by atoms with Gasteiger partial charge < -0.3 is 15.2 Å². The number of para-hydroxylation sites is 1. The minimum Gasteiger partial charge on any atom is -0.346 e. The highest BCUT2D eigenvalue weighted by Gasteiger charge is 2.23. The molecule has 2 aromatic carbocycles. The minimum absolute atomic E-state index is 0.0927. The van der Waals surface area contributed by atoms with Crippen LogP contribution >= 0.6 is 0 Å². The van der Waals surface area contributed by atoms with E-state index in [9.17, 15) is 9.59 Å². The number of anilines is 1. The second-order valence-corrected chi connectivity index (χ2v) is 7.70. The van der Waals surface area contributed by atoms with Crippen molar-refractivity contribution < 1.29 is 9.59 Å². The Morgan fingerprint density at radius 3 is 2.59 bits per heavy atom. The number of carbonyl (C=O) groups excluding carboxylic acids is 2. The highest BCUT2D eigenvalue weighted by atomic mass is 16.2. The third-order valence-corrected chi connectivity index (χ3v) is 5.74. The number of nitrogens with one attached hydrogen (secondary N) is 2. The molecule has 0 atom stereocenters. The molecule has 0 radical (unpaired) electrons. The molecule has 6 heteroatoms.